The van der Waals surface area contributed by atoms with E-state index in [0.717, 1.165) is 44.0 Å². The Hall–Kier alpha value is -3.63. The average Bonchev–Trinajstić information content (AvgIpc) is 3.12. The van der Waals surface area contributed by atoms with Crippen LogP contribution in [-0.2, 0) is 6.61 Å². The summed E-state index contributed by atoms with van der Waals surface area (Å²) in [6.07, 6.45) is 1.80. The van der Waals surface area contributed by atoms with Crippen LogP contribution in [0.15, 0.2) is 83.8 Å². The summed E-state index contributed by atoms with van der Waals surface area (Å²) in [4.78, 5) is 17.9. The van der Waals surface area contributed by atoms with Gasteiger partial charge in [0.2, 0.25) is 0 Å². The van der Waals surface area contributed by atoms with Crippen molar-refractivity contribution in [1.82, 2.24) is 9.38 Å². The molecule has 0 aliphatic carbocycles. The van der Waals surface area contributed by atoms with E-state index in [9.17, 15) is 4.79 Å². The summed E-state index contributed by atoms with van der Waals surface area (Å²) < 4.78 is 7.79. The van der Waals surface area contributed by atoms with E-state index < -0.39 is 0 Å². The number of hydrogen-bond donors (Lipinski definition) is 0. The maximum atomic E-state index is 13.3. The van der Waals surface area contributed by atoms with E-state index >= 15 is 0 Å². The number of fused-ring (bicyclic) bond motifs is 5. The minimum absolute atomic E-state index is 0.0269. The van der Waals surface area contributed by atoms with Gasteiger partial charge in [-0.15, -0.1) is 0 Å². The molecular formula is C25H15ClN2O2. The zero-order valence-corrected chi connectivity index (χ0v) is 16.6. The molecule has 3 aromatic carbocycles. The van der Waals surface area contributed by atoms with Gasteiger partial charge in [-0.25, -0.2) is 0 Å². The van der Waals surface area contributed by atoms with Gasteiger partial charge in [0.05, 0.1) is 16.6 Å². The molecule has 0 bridgehead atoms. The van der Waals surface area contributed by atoms with Crippen molar-refractivity contribution in [3.8, 4) is 5.75 Å². The van der Waals surface area contributed by atoms with Crippen molar-refractivity contribution in [3.63, 3.8) is 0 Å². The van der Waals surface area contributed by atoms with Crippen LogP contribution in [0.1, 0.15) is 5.56 Å². The molecule has 0 N–H and O–H groups in total. The van der Waals surface area contributed by atoms with Crippen molar-refractivity contribution >= 4 is 49.7 Å². The lowest BCUT2D eigenvalue weighted by atomic mass is 10.1. The molecule has 6 rings (SSSR count). The third-order valence-electron chi connectivity index (χ3n) is 5.58. The summed E-state index contributed by atoms with van der Waals surface area (Å²) in [7, 11) is 0. The predicted molar refractivity (Wildman–Crippen MR) is 121 cm³/mol. The molecule has 0 fully saturated rings. The van der Waals surface area contributed by atoms with Gasteiger partial charge >= 0.3 is 0 Å². The molecule has 0 unspecified atom stereocenters. The highest BCUT2D eigenvalue weighted by Crippen LogP contribution is 2.34. The first-order valence-electron chi connectivity index (χ1n) is 9.65. The largest absolute Gasteiger partial charge is 0.489 e. The Morgan fingerprint density at radius 2 is 1.67 bits per heavy atom. The second kappa shape index (κ2) is 6.44. The topological polar surface area (TPSA) is 43.6 Å². The van der Waals surface area contributed by atoms with Gasteiger partial charge in [0, 0.05) is 32.8 Å². The normalized spacial score (nSPS) is 11.8. The van der Waals surface area contributed by atoms with Gasteiger partial charge in [-0.3, -0.25) is 14.2 Å². The highest BCUT2D eigenvalue weighted by atomic mass is 35.5. The summed E-state index contributed by atoms with van der Waals surface area (Å²) in [6.45, 7) is 0.443. The minimum atomic E-state index is -0.0269. The maximum Gasteiger partial charge on any atom is 0.263 e. The monoisotopic (exact) mass is 410 g/mol. The molecule has 0 spiro atoms. The fourth-order valence-electron chi connectivity index (χ4n) is 4.19. The summed E-state index contributed by atoms with van der Waals surface area (Å²) in [5.74, 6) is 0.749. The maximum absolute atomic E-state index is 13.3. The summed E-state index contributed by atoms with van der Waals surface area (Å²) in [5.41, 5.74) is 3.56. The van der Waals surface area contributed by atoms with E-state index in [1.807, 2.05) is 72.8 Å². The number of ether oxygens (including phenoxy) is 1. The van der Waals surface area contributed by atoms with Crippen LogP contribution in [-0.4, -0.2) is 9.38 Å². The van der Waals surface area contributed by atoms with Crippen molar-refractivity contribution in [3.05, 3.63) is 99.9 Å². The Kier molecular flexibility index (Phi) is 3.70. The van der Waals surface area contributed by atoms with E-state index in [1.54, 1.807) is 10.6 Å². The minimum Gasteiger partial charge on any atom is -0.489 e. The van der Waals surface area contributed by atoms with Crippen LogP contribution in [0.25, 0.3) is 38.1 Å². The van der Waals surface area contributed by atoms with E-state index in [0.29, 0.717) is 17.0 Å². The van der Waals surface area contributed by atoms with E-state index in [2.05, 4.69) is 4.98 Å². The van der Waals surface area contributed by atoms with Gasteiger partial charge in [0.1, 0.15) is 12.4 Å². The Morgan fingerprint density at radius 1 is 0.867 bits per heavy atom. The summed E-state index contributed by atoms with van der Waals surface area (Å²) in [6, 6.07) is 23.0. The molecule has 0 amide bonds. The lowest BCUT2D eigenvalue weighted by Gasteiger charge is -2.07. The van der Waals surface area contributed by atoms with Crippen LogP contribution < -0.4 is 10.3 Å². The Balaban J connectivity index is 1.56. The third kappa shape index (κ3) is 2.47. The molecule has 0 saturated carbocycles. The first-order chi connectivity index (χ1) is 14.7. The molecule has 5 heteroatoms. The second-order valence-corrected chi connectivity index (χ2v) is 7.77. The Labute approximate surface area is 176 Å². The van der Waals surface area contributed by atoms with Crippen LogP contribution >= 0.6 is 11.6 Å². The highest BCUT2D eigenvalue weighted by Gasteiger charge is 2.17. The highest BCUT2D eigenvalue weighted by molar-refractivity contribution is 6.30. The molecule has 0 aliphatic rings. The van der Waals surface area contributed by atoms with Crippen molar-refractivity contribution in [2.75, 3.05) is 0 Å². The number of pyridine rings is 2. The lowest BCUT2D eigenvalue weighted by molar-refractivity contribution is 0.306. The fourth-order valence-corrected chi connectivity index (χ4v) is 4.31. The van der Waals surface area contributed by atoms with Crippen LogP contribution in [0.5, 0.6) is 5.75 Å². The van der Waals surface area contributed by atoms with Crippen molar-refractivity contribution < 1.29 is 4.74 Å². The molecule has 144 valence electrons. The molecule has 3 aromatic heterocycles. The van der Waals surface area contributed by atoms with E-state index in [-0.39, 0.29) is 5.56 Å². The fraction of sp³-hybridized carbons (Fsp3) is 0.0400. The van der Waals surface area contributed by atoms with Gasteiger partial charge in [0.25, 0.3) is 5.56 Å². The van der Waals surface area contributed by atoms with Crippen LogP contribution in [0.3, 0.4) is 0 Å². The first kappa shape index (κ1) is 17.2. The smallest absolute Gasteiger partial charge is 0.263 e. The van der Waals surface area contributed by atoms with Crippen molar-refractivity contribution in [2.24, 2.45) is 0 Å². The number of aromatic nitrogens is 2. The van der Waals surface area contributed by atoms with E-state index in [4.69, 9.17) is 16.3 Å². The number of nitrogens with zero attached hydrogens (tertiary/aromatic N) is 2. The molecule has 4 nitrogen and oxygen atoms in total. The molecule has 6 aromatic rings. The van der Waals surface area contributed by atoms with Gasteiger partial charge in [-0.1, -0.05) is 41.9 Å². The van der Waals surface area contributed by atoms with Gasteiger partial charge in [0.15, 0.2) is 0 Å². The second-order valence-electron chi connectivity index (χ2n) is 7.34. The molecule has 30 heavy (non-hydrogen) atoms. The number of halogens is 1. The molecule has 3 heterocycles. The third-order valence-corrected chi connectivity index (χ3v) is 5.83. The van der Waals surface area contributed by atoms with Crippen LogP contribution in [0.4, 0.5) is 0 Å². The number of hydrogen-bond acceptors (Lipinski definition) is 3. The van der Waals surface area contributed by atoms with Gasteiger partial charge in [-0.05, 0) is 48.0 Å². The Bertz CT molecular complexity index is 1620. The SMILES string of the molecule is O=c1c2ccccc2c2nccc3c4cc(OCc5ccc(Cl)cc5)ccc4n1c32. The molecule has 0 saturated heterocycles. The summed E-state index contributed by atoms with van der Waals surface area (Å²) >= 11 is 5.95. The summed E-state index contributed by atoms with van der Waals surface area (Å²) in [5, 5.41) is 4.22. The molecule has 0 atom stereocenters. The number of rotatable bonds is 3. The van der Waals surface area contributed by atoms with Gasteiger partial charge < -0.3 is 4.74 Å². The van der Waals surface area contributed by atoms with Crippen LogP contribution in [0.2, 0.25) is 5.02 Å². The average molecular weight is 411 g/mol. The van der Waals surface area contributed by atoms with Crippen molar-refractivity contribution in [1.29, 1.82) is 0 Å². The van der Waals surface area contributed by atoms with Gasteiger partial charge in [-0.2, -0.15) is 0 Å². The number of benzene rings is 3. The van der Waals surface area contributed by atoms with Crippen LogP contribution in [0, 0.1) is 0 Å². The Morgan fingerprint density at radius 3 is 2.50 bits per heavy atom. The van der Waals surface area contributed by atoms with Crippen molar-refractivity contribution in [2.45, 2.75) is 6.61 Å². The zero-order valence-electron chi connectivity index (χ0n) is 15.8. The zero-order chi connectivity index (χ0) is 20.2. The van der Waals surface area contributed by atoms with E-state index in [1.165, 1.54) is 0 Å². The lowest BCUT2D eigenvalue weighted by Crippen LogP contribution is -2.13. The molecular weight excluding hydrogens is 396 g/mol. The standard InChI is InChI=1S/C25H15ClN2O2/c26-16-7-5-15(6-8-16)14-30-17-9-10-22-21(13-17)19-11-12-27-23-18-3-1-2-4-20(18)25(29)28(22)24(19)23/h1-13H,14H2. The predicted octanol–water partition coefficient (Wildman–Crippen LogP) is 5.82. The molecule has 0 radical (unpaired) electrons. The molecule has 0 aliphatic heterocycles. The quantitative estimate of drug-likeness (QED) is 0.345. The first-order valence-corrected chi connectivity index (χ1v) is 10.0.